The number of benzene rings is 1. The fraction of sp³-hybridized carbons (Fsp3) is 0.308. The van der Waals surface area contributed by atoms with E-state index in [2.05, 4.69) is 21.9 Å². The number of amides is 1. The lowest BCUT2D eigenvalue weighted by molar-refractivity contribution is -0.119. The minimum absolute atomic E-state index is 0.0946. The molecular weight excluding hydrogens is 278 g/mol. The molecule has 0 radical (unpaired) electrons. The highest BCUT2D eigenvalue weighted by Crippen LogP contribution is 2.14. The summed E-state index contributed by atoms with van der Waals surface area (Å²) in [7, 11) is -2.27. The highest BCUT2D eigenvalue weighted by atomic mass is 32.2. The molecule has 0 fully saturated rings. The Balaban J connectivity index is 2.97. The summed E-state index contributed by atoms with van der Waals surface area (Å²) in [4.78, 5) is 11.2. The summed E-state index contributed by atoms with van der Waals surface area (Å²) >= 11 is 0. The summed E-state index contributed by atoms with van der Waals surface area (Å²) in [5.41, 5.74) is 6.74. The smallest absolute Gasteiger partial charge is 0.241 e. The van der Waals surface area contributed by atoms with Crippen LogP contribution in [-0.2, 0) is 14.8 Å². The van der Waals surface area contributed by atoms with Crippen LogP contribution in [0.1, 0.15) is 11.1 Å². The molecule has 20 heavy (non-hydrogen) atoms. The van der Waals surface area contributed by atoms with Gasteiger partial charge < -0.3 is 11.1 Å². The molecule has 0 aromatic heterocycles. The maximum atomic E-state index is 12.0. The lowest BCUT2D eigenvalue weighted by Gasteiger charge is -2.07. The van der Waals surface area contributed by atoms with Crippen LogP contribution in [0.3, 0.4) is 0 Å². The maximum absolute atomic E-state index is 12.0. The Morgan fingerprint density at radius 1 is 1.40 bits per heavy atom. The Morgan fingerprint density at radius 3 is 2.65 bits per heavy atom. The average Bonchev–Trinajstić information content (AvgIpc) is 2.43. The molecule has 0 saturated heterocycles. The molecule has 0 bridgehead atoms. The fourth-order valence-corrected chi connectivity index (χ4v) is 2.49. The third-order valence-corrected chi connectivity index (χ3v) is 3.93. The molecule has 0 unspecified atom stereocenters. The maximum Gasteiger partial charge on any atom is 0.241 e. The van der Waals surface area contributed by atoms with Crippen molar-refractivity contribution < 1.29 is 13.2 Å². The molecule has 0 spiro atoms. The first-order valence-corrected chi connectivity index (χ1v) is 7.39. The monoisotopic (exact) mass is 295 g/mol. The van der Waals surface area contributed by atoms with Gasteiger partial charge in [-0.2, -0.15) is 0 Å². The van der Waals surface area contributed by atoms with E-state index in [9.17, 15) is 13.2 Å². The fourth-order valence-electron chi connectivity index (χ4n) is 1.42. The number of nitrogens with one attached hydrogen (secondary N) is 2. The second-order valence-corrected chi connectivity index (χ2v) is 5.75. The lowest BCUT2D eigenvalue weighted by atomic mass is 10.1. The molecule has 7 heteroatoms. The van der Waals surface area contributed by atoms with Gasteiger partial charge in [-0.3, -0.25) is 4.79 Å². The van der Waals surface area contributed by atoms with Gasteiger partial charge in [0.05, 0.1) is 18.0 Å². The van der Waals surface area contributed by atoms with Crippen molar-refractivity contribution in [1.29, 1.82) is 0 Å². The number of carbonyl (C=O) groups is 1. The summed E-state index contributed by atoms with van der Waals surface area (Å²) in [5, 5.41) is 2.34. The summed E-state index contributed by atoms with van der Waals surface area (Å²) in [6, 6.07) is 4.57. The lowest BCUT2D eigenvalue weighted by Crippen LogP contribution is -2.35. The molecule has 1 aromatic carbocycles. The number of nitrogens with two attached hydrogens (primary N) is 1. The highest BCUT2D eigenvalue weighted by molar-refractivity contribution is 7.89. The van der Waals surface area contributed by atoms with Crippen LogP contribution >= 0.6 is 0 Å². The van der Waals surface area contributed by atoms with Crippen LogP contribution in [0.5, 0.6) is 0 Å². The Morgan fingerprint density at radius 2 is 2.10 bits per heavy atom. The van der Waals surface area contributed by atoms with Crippen molar-refractivity contribution in [1.82, 2.24) is 10.0 Å². The first kappa shape index (κ1) is 16.2. The van der Waals surface area contributed by atoms with Gasteiger partial charge in [0.2, 0.25) is 15.9 Å². The summed E-state index contributed by atoms with van der Waals surface area (Å²) in [6.45, 7) is 1.71. The van der Waals surface area contributed by atoms with Crippen molar-refractivity contribution in [2.75, 3.05) is 20.1 Å². The molecule has 4 N–H and O–H groups in total. The third kappa shape index (κ3) is 4.35. The van der Waals surface area contributed by atoms with Crippen LogP contribution in [0.2, 0.25) is 0 Å². The predicted molar refractivity (Wildman–Crippen MR) is 76.4 cm³/mol. The van der Waals surface area contributed by atoms with E-state index in [1.807, 2.05) is 0 Å². The third-order valence-electron chi connectivity index (χ3n) is 2.53. The van der Waals surface area contributed by atoms with Crippen molar-refractivity contribution in [3.05, 3.63) is 29.3 Å². The van der Waals surface area contributed by atoms with E-state index < -0.39 is 15.9 Å². The number of aryl methyl sites for hydroxylation is 1. The number of rotatable bonds is 4. The molecule has 108 valence electrons. The zero-order valence-corrected chi connectivity index (χ0v) is 12.2. The van der Waals surface area contributed by atoms with Crippen LogP contribution < -0.4 is 15.8 Å². The molecule has 6 nitrogen and oxygen atoms in total. The largest absolute Gasteiger partial charge is 0.358 e. The molecule has 0 heterocycles. The van der Waals surface area contributed by atoms with Crippen molar-refractivity contribution >= 4 is 15.9 Å². The van der Waals surface area contributed by atoms with Crippen molar-refractivity contribution in [2.45, 2.75) is 11.8 Å². The van der Waals surface area contributed by atoms with E-state index in [0.717, 1.165) is 11.1 Å². The van der Waals surface area contributed by atoms with Gasteiger partial charge >= 0.3 is 0 Å². The number of carbonyl (C=O) groups excluding carboxylic acids is 1. The molecular formula is C13H17N3O3S. The minimum Gasteiger partial charge on any atom is -0.358 e. The van der Waals surface area contributed by atoms with Crippen molar-refractivity contribution in [3.63, 3.8) is 0 Å². The van der Waals surface area contributed by atoms with Crippen LogP contribution in [0, 0.1) is 18.8 Å². The zero-order valence-electron chi connectivity index (χ0n) is 11.4. The molecule has 0 aliphatic heterocycles. The van der Waals surface area contributed by atoms with E-state index >= 15 is 0 Å². The van der Waals surface area contributed by atoms with E-state index in [0.29, 0.717) is 0 Å². The first-order valence-electron chi connectivity index (χ1n) is 5.90. The van der Waals surface area contributed by atoms with Gasteiger partial charge in [-0.05, 0) is 30.7 Å². The SMILES string of the molecule is CNC(=O)CNS(=O)(=O)c1ccc(C#CCN)c(C)c1. The van der Waals surface area contributed by atoms with Gasteiger partial charge in [-0.1, -0.05) is 11.8 Å². The van der Waals surface area contributed by atoms with E-state index in [-0.39, 0.29) is 18.0 Å². The summed E-state index contributed by atoms with van der Waals surface area (Å²) in [6.07, 6.45) is 0. The number of sulfonamides is 1. The van der Waals surface area contributed by atoms with Crippen LogP contribution in [0.15, 0.2) is 23.1 Å². The molecule has 0 aliphatic carbocycles. The average molecular weight is 295 g/mol. The minimum atomic E-state index is -3.71. The van der Waals surface area contributed by atoms with Gasteiger partial charge in [0.15, 0.2) is 0 Å². The predicted octanol–water partition coefficient (Wildman–Crippen LogP) is -0.670. The normalized spacial score (nSPS) is 10.6. The molecule has 0 aliphatic rings. The van der Waals surface area contributed by atoms with Crippen LogP contribution in [0.4, 0.5) is 0 Å². The first-order chi connectivity index (χ1) is 9.40. The molecule has 1 aromatic rings. The molecule has 0 saturated carbocycles. The van der Waals surface area contributed by atoms with E-state index in [1.54, 1.807) is 13.0 Å². The number of likely N-dealkylation sites (N-methyl/N-ethyl adjacent to an activating group) is 1. The summed E-state index contributed by atoms with van der Waals surface area (Å²) in [5.74, 6) is 5.16. The second-order valence-electron chi connectivity index (χ2n) is 3.98. The van der Waals surface area contributed by atoms with Gasteiger partial charge in [0, 0.05) is 12.6 Å². The molecule has 1 rings (SSSR count). The Hall–Kier alpha value is -1.88. The quantitative estimate of drug-likeness (QED) is 0.641. The van der Waals surface area contributed by atoms with Crippen molar-refractivity contribution in [3.8, 4) is 11.8 Å². The van der Waals surface area contributed by atoms with Gasteiger partial charge in [-0.15, -0.1) is 0 Å². The van der Waals surface area contributed by atoms with Gasteiger partial charge in [0.1, 0.15) is 0 Å². The summed E-state index contributed by atoms with van der Waals surface area (Å²) < 4.78 is 26.2. The van der Waals surface area contributed by atoms with Gasteiger partial charge in [0.25, 0.3) is 0 Å². The Kier molecular flexibility index (Phi) is 5.70. The topological polar surface area (TPSA) is 101 Å². The highest BCUT2D eigenvalue weighted by Gasteiger charge is 2.15. The molecule has 1 amide bonds. The second kappa shape index (κ2) is 7.05. The Labute approximate surface area is 118 Å². The number of hydrogen-bond acceptors (Lipinski definition) is 4. The zero-order chi connectivity index (χ0) is 15.2. The van der Waals surface area contributed by atoms with Crippen LogP contribution in [0.25, 0.3) is 0 Å². The van der Waals surface area contributed by atoms with E-state index in [1.165, 1.54) is 19.2 Å². The van der Waals surface area contributed by atoms with Crippen LogP contribution in [-0.4, -0.2) is 34.5 Å². The molecule has 0 atom stereocenters. The van der Waals surface area contributed by atoms with E-state index in [4.69, 9.17) is 5.73 Å². The van der Waals surface area contributed by atoms with Crippen molar-refractivity contribution in [2.24, 2.45) is 5.73 Å². The standard InChI is InChI=1S/C13H17N3O3S/c1-10-8-12(6-5-11(10)4-3-7-14)20(18,19)16-9-13(17)15-2/h5-6,8,16H,7,9,14H2,1-2H3,(H,15,17). The Bertz CT molecular complexity index is 657. The van der Waals surface area contributed by atoms with Gasteiger partial charge in [-0.25, -0.2) is 13.1 Å². The number of hydrogen-bond donors (Lipinski definition) is 3.